The number of rotatable bonds is 4. The van der Waals surface area contributed by atoms with Crippen molar-refractivity contribution in [3.05, 3.63) is 39.6 Å². The minimum Gasteiger partial charge on any atom is -0.316 e. The van der Waals surface area contributed by atoms with Crippen LogP contribution in [0, 0.1) is 11.7 Å². The van der Waals surface area contributed by atoms with E-state index in [0.717, 1.165) is 12.1 Å². The van der Waals surface area contributed by atoms with Gasteiger partial charge in [0.2, 0.25) is 0 Å². The highest BCUT2D eigenvalue weighted by Crippen LogP contribution is 2.31. The van der Waals surface area contributed by atoms with E-state index in [-0.39, 0.29) is 5.82 Å². The molecule has 1 N–H and O–H groups in total. The zero-order valence-electron chi connectivity index (χ0n) is 11.4. The van der Waals surface area contributed by atoms with Gasteiger partial charge in [-0.15, -0.1) is 0 Å². The van der Waals surface area contributed by atoms with E-state index in [4.69, 9.17) is 0 Å². The second-order valence-electron chi connectivity index (χ2n) is 5.26. The van der Waals surface area contributed by atoms with Crippen LogP contribution in [-0.2, 0) is 0 Å². The molecule has 0 atom stereocenters. The molecule has 1 nitrogen and oxygen atoms in total. The van der Waals surface area contributed by atoms with Gasteiger partial charge in [-0.3, -0.25) is 0 Å². The van der Waals surface area contributed by atoms with Crippen LogP contribution in [0.25, 0.3) is 6.08 Å². The van der Waals surface area contributed by atoms with Crippen molar-refractivity contribution in [2.45, 2.75) is 32.1 Å². The van der Waals surface area contributed by atoms with Crippen LogP contribution in [0.1, 0.15) is 37.7 Å². The lowest BCUT2D eigenvalue weighted by Gasteiger charge is -2.24. The van der Waals surface area contributed by atoms with Crippen molar-refractivity contribution in [1.82, 2.24) is 5.32 Å². The first kappa shape index (κ1) is 14.7. The predicted molar refractivity (Wildman–Crippen MR) is 82.6 cm³/mol. The zero-order chi connectivity index (χ0) is 13.7. The van der Waals surface area contributed by atoms with Gasteiger partial charge in [0.25, 0.3) is 0 Å². The molecule has 0 unspecified atom stereocenters. The van der Waals surface area contributed by atoms with E-state index in [1.54, 1.807) is 0 Å². The smallest absolute Gasteiger partial charge is 0.137 e. The van der Waals surface area contributed by atoms with E-state index in [1.807, 2.05) is 19.2 Å². The number of benzene rings is 1. The average molecular weight is 326 g/mol. The molecule has 1 saturated carbocycles. The van der Waals surface area contributed by atoms with Crippen molar-refractivity contribution >= 4 is 22.0 Å². The van der Waals surface area contributed by atoms with Crippen LogP contribution in [0.15, 0.2) is 28.2 Å². The maximum atomic E-state index is 13.3. The van der Waals surface area contributed by atoms with Crippen molar-refractivity contribution in [1.29, 1.82) is 0 Å². The van der Waals surface area contributed by atoms with Crippen LogP contribution >= 0.6 is 15.9 Å². The average Bonchev–Trinajstić information content (AvgIpc) is 2.43. The monoisotopic (exact) mass is 325 g/mol. The molecule has 0 aromatic heterocycles. The Bertz CT molecular complexity index is 450. The summed E-state index contributed by atoms with van der Waals surface area (Å²) in [4.78, 5) is 0. The van der Waals surface area contributed by atoms with Crippen molar-refractivity contribution in [3.63, 3.8) is 0 Å². The fraction of sp³-hybridized carbons (Fsp3) is 0.500. The van der Waals surface area contributed by atoms with Gasteiger partial charge in [-0.2, -0.15) is 0 Å². The lowest BCUT2D eigenvalue weighted by Crippen LogP contribution is -2.19. The summed E-state index contributed by atoms with van der Waals surface area (Å²) in [6.07, 6.45) is 8.82. The quantitative estimate of drug-likeness (QED) is 0.840. The fourth-order valence-electron chi connectivity index (χ4n) is 2.81. The maximum Gasteiger partial charge on any atom is 0.137 e. The van der Waals surface area contributed by atoms with E-state index < -0.39 is 0 Å². The highest BCUT2D eigenvalue weighted by Gasteiger charge is 2.17. The Morgan fingerprint density at radius 3 is 2.74 bits per heavy atom. The zero-order valence-corrected chi connectivity index (χ0v) is 13.0. The number of hydrogen-bond donors (Lipinski definition) is 1. The number of hydrogen-bond acceptors (Lipinski definition) is 1. The van der Waals surface area contributed by atoms with E-state index in [2.05, 4.69) is 27.3 Å². The molecule has 1 aliphatic rings. The number of likely N-dealkylation sites (N-methyl/N-ethyl adjacent to an activating group) is 1. The molecule has 0 bridgehead atoms. The Balaban J connectivity index is 2.20. The molecule has 1 fully saturated rings. The fourth-order valence-corrected chi connectivity index (χ4v) is 3.20. The van der Waals surface area contributed by atoms with Gasteiger partial charge in [0.1, 0.15) is 5.82 Å². The molecule has 0 amide bonds. The molecule has 19 heavy (non-hydrogen) atoms. The van der Waals surface area contributed by atoms with Gasteiger partial charge in [-0.25, -0.2) is 4.39 Å². The predicted octanol–water partition coefficient (Wildman–Crippen LogP) is 4.77. The third-order valence-electron chi connectivity index (χ3n) is 3.81. The van der Waals surface area contributed by atoms with E-state index in [0.29, 0.717) is 10.4 Å². The van der Waals surface area contributed by atoms with Gasteiger partial charge in [0.05, 0.1) is 4.47 Å². The summed E-state index contributed by atoms with van der Waals surface area (Å²) in [6.45, 7) is 0.916. The molecule has 0 aliphatic heterocycles. The largest absolute Gasteiger partial charge is 0.316 e. The summed E-state index contributed by atoms with van der Waals surface area (Å²) in [5.74, 6) is 0.481. The molecule has 0 heterocycles. The SMILES string of the molecule is CNCC(=Cc1ccc(F)c(Br)c1)C1CCCCC1. The molecular formula is C16H21BrFN. The van der Waals surface area contributed by atoms with Gasteiger partial charge >= 0.3 is 0 Å². The second-order valence-corrected chi connectivity index (χ2v) is 6.11. The summed E-state index contributed by atoms with van der Waals surface area (Å²) < 4.78 is 13.8. The highest BCUT2D eigenvalue weighted by molar-refractivity contribution is 9.10. The van der Waals surface area contributed by atoms with E-state index >= 15 is 0 Å². The molecule has 2 rings (SSSR count). The Morgan fingerprint density at radius 1 is 1.37 bits per heavy atom. The summed E-state index contributed by atoms with van der Waals surface area (Å²) in [6, 6.07) is 5.22. The minimum absolute atomic E-state index is 0.204. The van der Waals surface area contributed by atoms with Crippen molar-refractivity contribution in [3.8, 4) is 0 Å². The maximum absolute atomic E-state index is 13.3. The Hall–Kier alpha value is -0.670. The van der Waals surface area contributed by atoms with Crippen molar-refractivity contribution < 1.29 is 4.39 Å². The van der Waals surface area contributed by atoms with Crippen LogP contribution in [0.2, 0.25) is 0 Å². The van der Waals surface area contributed by atoms with Crippen LogP contribution in [-0.4, -0.2) is 13.6 Å². The highest BCUT2D eigenvalue weighted by atomic mass is 79.9. The summed E-state index contributed by atoms with van der Waals surface area (Å²) in [5, 5.41) is 3.26. The molecule has 0 saturated heterocycles. The van der Waals surface area contributed by atoms with Gasteiger partial charge < -0.3 is 5.32 Å². The summed E-state index contributed by atoms with van der Waals surface area (Å²) in [7, 11) is 1.98. The minimum atomic E-state index is -0.204. The molecule has 1 aromatic carbocycles. The third kappa shape index (κ3) is 4.15. The Morgan fingerprint density at radius 2 is 2.11 bits per heavy atom. The van der Waals surface area contributed by atoms with Gasteiger partial charge in [0, 0.05) is 6.54 Å². The molecule has 3 heteroatoms. The molecular weight excluding hydrogens is 305 g/mol. The van der Waals surface area contributed by atoms with Crippen LogP contribution in [0.4, 0.5) is 4.39 Å². The van der Waals surface area contributed by atoms with Crippen LogP contribution < -0.4 is 5.32 Å². The van der Waals surface area contributed by atoms with Crippen LogP contribution in [0.3, 0.4) is 0 Å². The van der Waals surface area contributed by atoms with E-state index in [1.165, 1.54) is 43.7 Å². The number of nitrogens with one attached hydrogen (secondary N) is 1. The van der Waals surface area contributed by atoms with Gasteiger partial charge in [-0.1, -0.05) is 37.0 Å². The second kappa shape index (κ2) is 7.20. The normalized spacial score (nSPS) is 17.7. The summed E-state index contributed by atoms with van der Waals surface area (Å²) >= 11 is 3.25. The standard InChI is InChI=1S/C16H21BrFN/c1-19-11-14(13-5-3-2-4-6-13)9-12-7-8-16(18)15(17)10-12/h7-10,13,19H,2-6,11H2,1H3. The van der Waals surface area contributed by atoms with Crippen molar-refractivity contribution in [2.75, 3.05) is 13.6 Å². The Kier molecular flexibility index (Phi) is 5.59. The molecule has 104 valence electrons. The lowest BCUT2D eigenvalue weighted by molar-refractivity contribution is 0.398. The third-order valence-corrected chi connectivity index (χ3v) is 4.41. The molecule has 0 spiro atoms. The Labute approximate surface area is 123 Å². The topological polar surface area (TPSA) is 12.0 Å². The molecule has 1 aliphatic carbocycles. The molecule has 1 aromatic rings. The van der Waals surface area contributed by atoms with E-state index in [9.17, 15) is 4.39 Å². The first-order valence-electron chi connectivity index (χ1n) is 7.01. The first-order valence-corrected chi connectivity index (χ1v) is 7.80. The van der Waals surface area contributed by atoms with Gasteiger partial charge in [0.15, 0.2) is 0 Å². The van der Waals surface area contributed by atoms with Gasteiger partial charge in [-0.05, 0) is 59.4 Å². The first-order chi connectivity index (χ1) is 9.20. The van der Waals surface area contributed by atoms with Crippen molar-refractivity contribution in [2.24, 2.45) is 5.92 Å². The lowest BCUT2D eigenvalue weighted by atomic mass is 9.83. The number of halogens is 2. The molecule has 0 radical (unpaired) electrons. The van der Waals surface area contributed by atoms with Crippen LogP contribution in [0.5, 0.6) is 0 Å². The summed E-state index contributed by atoms with van der Waals surface area (Å²) in [5.41, 5.74) is 2.52.